The predicted octanol–water partition coefficient (Wildman–Crippen LogP) is 5.74. The quantitative estimate of drug-likeness (QED) is 0.283. The van der Waals surface area contributed by atoms with Gasteiger partial charge >= 0.3 is 0 Å². The maximum Gasteiger partial charge on any atom is 0.238 e. The molecule has 0 saturated heterocycles. The molecule has 4 rings (SSSR count). The Labute approximate surface area is 205 Å². The van der Waals surface area contributed by atoms with Crippen LogP contribution in [0.2, 0.25) is 0 Å². The molecule has 0 spiro atoms. The lowest BCUT2D eigenvalue weighted by Crippen LogP contribution is -2.32. The van der Waals surface area contributed by atoms with Crippen LogP contribution in [0.15, 0.2) is 83.9 Å². The zero-order chi connectivity index (χ0) is 23.2. The van der Waals surface area contributed by atoms with Gasteiger partial charge in [0.15, 0.2) is 5.88 Å². The van der Waals surface area contributed by atoms with E-state index in [4.69, 9.17) is 4.99 Å². The highest BCUT2D eigenvalue weighted by molar-refractivity contribution is 6.21. The number of nitrogens with zero attached hydrogens (tertiary/aromatic N) is 2. The summed E-state index contributed by atoms with van der Waals surface area (Å²) in [6.07, 6.45) is 0. The first-order valence-electron chi connectivity index (χ1n) is 11.2. The summed E-state index contributed by atoms with van der Waals surface area (Å²) < 4.78 is 0. The molecule has 0 unspecified atom stereocenters. The van der Waals surface area contributed by atoms with E-state index in [1.54, 1.807) is 0 Å². The van der Waals surface area contributed by atoms with Crippen molar-refractivity contribution >= 4 is 46.3 Å². The monoisotopic (exact) mass is 476 g/mol. The summed E-state index contributed by atoms with van der Waals surface area (Å²) in [4.78, 5) is 22.3. The fraction of sp³-hybridized carbons (Fsp3) is 0.185. The van der Waals surface area contributed by atoms with Crippen LogP contribution in [0.3, 0.4) is 0 Å². The van der Waals surface area contributed by atoms with Crippen LogP contribution in [-0.2, 0) is 4.79 Å². The van der Waals surface area contributed by atoms with Crippen molar-refractivity contribution in [2.24, 2.45) is 4.99 Å². The Balaban J connectivity index is 0.00000324. The van der Waals surface area contributed by atoms with Gasteiger partial charge < -0.3 is 15.4 Å². The van der Waals surface area contributed by atoms with Crippen molar-refractivity contribution in [3.8, 4) is 5.88 Å². The van der Waals surface area contributed by atoms with Crippen LogP contribution in [0.5, 0.6) is 5.88 Å². The Hall–Kier alpha value is -3.61. The SMILES string of the molecule is CCN(CC)CC(=O)Nc1ccc(N=C(c2ccccc2)c2c(O)[nH]c3ccccc23)cc1.Cl. The molecule has 4 aromatic rings. The molecule has 6 nitrogen and oxygen atoms in total. The predicted molar refractivity (Wildman–Crippen MR) is 142 cm³/mol. The van der Waals surface area contributed by atoms with Gasteiger partial charge in [-0.1, -0.05) is 62.4 Å². The Bertz CT molecular complexity index is 1260. The van der Waals surface area contributed by atoms with E-state index in [0.29, 0.717) is 17.8 Å². The van der Waals surface area contributed by atoms with Crippen LogP contribution >= 0.6 is 12.4 Å². The normalized spacial score (nSPS) is 11.4. The third kappa shape index (κ3) is 5.65. The fourth-order valence-electron chi connectivity index (χ4n) is 3.83. The number of carbonyl (C=O) groups is 1. The number of hydrogen-bond donors (Lipinski definition) is 3. The first kappa shape index (κ1) is 25.0. The minimum Gasteiger partial charge on any atom is -0.494 e. The third-order valence-corrected chi connectivity index (χ3v) is 5.62. The number of benzene rings is 3. The number of likely N-dealkylation sites (N-methyl/N-ethyl adjacent to an activating group) is 1. The number of nitrogens with one attached hydrogen (secondary N) is 2. The maximum absolute atomic E-state index is 12.3. The van der Waals surface area contributed by atoms with E-state index in [-0.39, 0.29) is 24.2 Å². The molecule has 0 aliphatic heterocycles. The van der Waals surface area contributed by atoms with Crippen LogP contribution in [0.1, 0.15) is 25.0 Å². The lowest BCUT2D eigenvalue weighted by atomic mass is 10.0. The molecule has 0 aliphatic carbocycles. The van der Waals surface area contributed by atoms with Crippen LogP contribution in [0, 0.1) is 0 Å². The number of rotatable bonds is 8. The number of fused-ring (bicyclic) bond motifs is 1. The summed E-state index contributed by atoms with van der Waals surface area (Å²) >= 11 is 0. The Kier molecular flexibility index (Phi) is 8.46. The molecule has 0 saturated carbocycles. The summed E-state index contributed by atoms with van der Waals surface area (Å²) in [6, 6.07) is 25.0. The van der Waals surface area contributed by atoms with E-state index >= 15 is 0 Å². The van der Waals surface area contributed by atoms with E-state index in [1.165, 1.54) is 0 Å². The van der Waals surface area contributed by atoms with Crippen LogP contribution < -0.4 is 5.32 Å². The summed E-state index contributed by atoms with van der Waals surface area (Å²) in [6.45, 7) is 6.12. The highest BCUT2D eigenvalue weighted by Gasteiger charge is 2.18. The van der Waals surface area contributed by atoms with Crippen molar-refractivity contribution < 1.29 is 9.90 Å². The minimum atomic E-state index is -0.0383. The van der Waals surface area contributed by atoms with Crippen LogP contribution in [0.4, 0.5) is 11.4 Å². The highest BCUT2D eigenvalue weighted by atomic mass is 35.5. The van der Waals surface area contributed by atoms with Gasteiger partial charge in [0.25, 0.3) is 0 Å². The second-order valence-corrected chi connectivity index (χ2v) is 7.78. The Morgan fingerprint density at radius 3 is 2.26 bits per heavy atom. The molecule has 1 amide bonds. The fourth-order valence-corrected chi connectivity index (χ4v) is 3.83. The average molecular weight is 477 g/mol. The van der Waals surface area contributed by atoms with E-state index in [1.807, 2.05) is 92.7 Å². The topological polar surface area (TPSA) is 80.7 Å². The number of hydrogen-bond acceptors (Lipinski definition) is 4. The first-order chi connectivity index (χ1) is 16.1. The number of carbonyl (C=O) groups excluding carboxylic acids is 1. The van der Waals surface area contributed by atoms with Gasteiger partial charge in [-0.3, -0.25) is 9.69 Å². The molecule has 3 aromatic carbocycles. The number of aromatic amines is 1. The molecule has 3 N–H and O–H groups in total. The Morgan fingerprint density at radius 1 is 0.941 bits per heavy atom. The van der Waals surface area contributed by atoms with Crippen molar-refractivity contribution in [1.82, 2.24) is 9.88 Å². The van der Waals surface area contributed by atoms with Gasteiger partial charge in [-0.05, 0) is 43.4 Å². The molecule has 1 heterocycles. The van der Waals surface area contributed by atoms with Gasteiger partial charge in [-0.2, -0.15) is 0 Å². The lowest BCUT2D eigenvalue weighted by molar-refractivity contribution is -0.117. The number of halogens is 1. The summed E-state index contributed by atoms with van der Waals surface area (Å²) in [5.41, 5.74) is 4.52. The number of aromatic hydroxyl groups is 1. The average Bonchev–Trinajstić information content (AvgIpc) is 3.18. The van der Waals surface area contributed by atoms with Crippen LogP contribution in [0.25, 0.3) is 10.9 Å². The summed E-state index contributed by atoms with van der Waals surface area (Å²) in [5, 5.41) is 14.6. The third-order valence-electron chi connectivity index (χ3n) is 5.62. The first-order valence-corrected chi connectivity index (χ1v) is 11.2. The van der Waals surface area contributed by atoms with Gasteiger partial charge in [0.05, 0.1) is 23.5 Å². The van der Waals surface area contributed by atoms with Crippen molar-refractivity contribution in [3.63, 3.8) is 0 Å². The number of aromatic nitrogens is 1. The Morgan fingerprint density at radius 2 is 1.59 bits per heavy atom. The van der Waals surface area contributed by atoms with E-state index < -0.39 is 0 Å². The van der Waals surface area contributed by atoms with Crippen molar-refractivity contribution in [2.75, 3.05) is 25.0 Å². The molecular formula is C27H29ClN4O2. The van der Waals surface area contributed by atoms with Gasteiger partial charge in [-0.15, -0.1) is 12.4 Å². The summed E-state index contributed by atoms with van der Waals surface area (Å²) in [5.74, 6) is 0.0442. The number of amides is 1. The zero-order valence-corrected chi connectivity index (χ0v) is 20.1. The molecule has 0 radical (unpaired) electrons. The van der Waals surface area contributed by atoms with E-state index in [0.717, 1.165) is 40.9 Å². The molecule has 176 valence electrons. The molecule has 0 aliphatic rings. The number of para-hydroxylation sites is 1. The van der Waals surface area contributed by atoms with Crippen molar-refractivity contribution in [2.45, 2.75) is 13.8 Å². The number of anilines is 1. The smallest absolute Gasteiger partial charge is 0.238 e. The molecule has 34 heavy (non-hydrogen) atoms. The minimum absolute atomic E-state index is 0. The second kappa shape index (κ2) is 11.5. The lowest BCUT2D eigenvalue weighted by Gasteiger charge is -2.17. The zero-order valence-electron chi connectivity index (χ0n) is 19.3. The second-order valence-electron chi connectivity index (χ2n) is 7.78. The number of aliphatic imine (C=N–C) groups is 1. The van der Waals surface area contributed by atoms with E-state index in [9.17, 15) is 9.90 Å². The highest BCUT2D eigenvalue weighted by Crippen LogP contribution is 2.31. The van der Waals surface area contributed by atoms with Gasteiger partial charge in [-0.25, -0.2) is 4.99 Å². The van der Waals surface area contributed by atoms with Crippen molar-refractivity contribution in [3.05, 3.63) is 90.0 Å². The molecule has 1 aromatic heterocycles. The van der Waals surface area contributed by atoms with Gasteiger partial charge in [0.2, 0.25) is 5.91 Å². The largest absolute Gasteiger partial charge is 0.494 e. The standard InChI is InChI=1S/C27H28N4O2.ClH/c1-3-31(4-2)18-24(32)28-20-14-16-21(17-15-20)29-26(19-10-6-5-7-11-19)25-22-12-8-9-13-23(22)30-27(25)33;/h5-17,30,33H,3-4,18H2,1-2H3,(H,28,32);1H. The number of H-pyrrole nitrogens is 1. The molecule has 0 atom stereocenters. The van der Waals surface area contributed by atoms with Gasteiger partial charge in [0, 0.05) is 22.2 Å². The maximum atomic E-state index is 12.3. The van der Waals surface area contributed by atoms with Gasteiger partial charge in [0.1, 0.15) is 0 Å². The molecule has 0 fully saturated rings. The molecule has 0 bridgehead atoms. The summed E-state index contributed by atoms with van der Waals surface area (Å²) in [7, 11) is 0. The molecule has 7 heteroatoms. The molecular weight excluding hydrogens is 448 g/mol. The van der Waals surface area contributed by atoms with Crippen molar-refractivity contribution in [1.29, 1.82) is 0 Å². The van der Waals surface area contributed by atoms with E-state index in [2.05, 4.69) is 15.2 Å². The van der Waals surface area contributed by atoms with Crippen LogP contribution in [-0.4, -0.2) is 46.2 Å².